The van der Waals surface area contributed by atoms with E-state index in [0.717, 1.165) is 37.3 Å². The van der Waals surface area contributed by atoms with E-state index in [1.807, 2.05) is 6.20 Å². The van der Waals surface area contributed by atoms with Crippen LogP contribution in [0.5, 0.6) is 0 Å². The van der Waals surface area contributed by atoms with Gasteiger partial charge >= 0.3 is 5.97 Å². The molecule has 15 heavy (non-hydrogen) atoms. The van der Waals surface area contributed by atoms with Crippen LogP contribution < -0.4 is 5.32 Å². The van der Waals surface area contributed by atoms with Crippen molar-refractivity contribution in [3.8, 4) is 0 Å². The topological polar surface area (TPSA) is 54.3 Å². The van der Waals surface area contributed by atoms with Gasteiger partial charge in [-0.05, 0) is 17.5 Å². The number of hydrogen-bond donors (Lipinski definition) is 2. The van der Waals surface area contributed by atoms with Gasteiger partial charge in [-0.2, -0.15) is 0 Å². The Morgan fingerprint density at radius 1 is 1.67 bits per heavy atom. The summed E-state index contributed by atoms with van der Waals surface area (Å²) in [6.07, 6.45) is 4.12. The molecule has 0 fully saturated rings. The van der Waals surface area contributed by atoms with Gasteiger partial charge in [0.1, 0.15) is 5.82 Å². The van der Waals surface area contributed by atoms with Crippen LogP contribution in [0.2, 0.25) is 0 Å². The highest BCUT2D eigenvalue weighted by molar-refractivity contribution is 5.72. The third-order valence-electron chi connectivity index (χ3n) is 2.76. The van der Waals surface area contributed by atoms with E-state index in [1.165, 1.54) is 5.56 Å². The molecule has 1 aliphatic heterocycles. The lowest BCUT2D eigenvalue weighted by molar-refractivity contribution is -0.136. The zero-order chi connectivity index (χ0) is 10.8. The summed E-state index contributed by atoms with van der Waals surface area (Å²) in [5.41, 5.74) is 2.16. The molecule has 0 aliphatic carbocycles. The predicted octanol–water partition coefficient (Wildman–Crippen LogP) is 1.49. The number of fused-ring (bicyclic) bond motifs is 1. The van der Waals surface area contributed by atoms with Gasteiger partial charge in [0.15, 0.2) is 0 Å². The second-order valence-electron chi connectivity index (χ2n) is 3.92. The molecule has 4 nitrogen and oxygen atoms in total. The molecule has 0 atom stereocenters. The maximum absolute atomic E-state index is 10.7. The normalized spacial score (nSPS) is 13.7. The van der Waals surface area contributed by atoms with Gasteiger partial charge in [0.05, 0.1) is 6.42 Å². The fourth-order valence-electron chi connectivity index (χ4n) is 2.18. The Labute approximate surface area is 88.9 Å². The van der Waals surface area contributed by atoms with Crippen molar-refractivity contribution in [1.29, 1.82) is 0 Å². The minimum Gasteiger partial charge on any atom is -0.481 e. The molecule has 4 heteroatoms. The molecule has 2 heterocycles. The molecule has 1 aromatic rings. The average molecular weight is 208 g/mol. The molecule has 0 spiro atoms. The Balaban J connectivity index is 2.32. The Morgan fingerprint density at radius 3 is 3.13 bits per heavy atom. The van der Waals surface area contributed by atoms with Gasteiger partial charge in [-0.1, -0.05) is 13.3 Å². The van der Waals surface area contributed by atoms with Crippen molar-refractivity contribution in [3.05, 3.63) is 17.3 Å². The van der Waals surface area contributed by atoms with Crippen LogP contribution in [0.15, 0.2) is 6.20 Å². The van der Waals surface area contributed by atoms with Crippen LogP contribution >= 0.6 is 0 Å². The summed E-state index contributed by atoms with van der Waals surface area (Å²) >= 11 is 0. The van der Waals surface area contributed by atoms with E-state index < -0.39 is 5.97 Å². The second-order valence-corrected chi connectivity index (χ2v) is 3.92. The molecule has 2 rings (SSSR count). The summed E-state index contributed by atoms with van der Waals surface area (Å²) in [5.74, 6) is 0.379. The first-order valence-electron chi connectivity index (χ1n) is 5.39. The molecule has 0 unspecified atom stereocenters. The maximum Gasteiger partial charge on any atom is 0.307 e. The number of nitrogens with one attached hydrogen (secondary N) is 1. The smallest absolute Gasteiger partial charge is 0.307 e. The van der Waals surface area contributed by atoms with E-state index in [2.05, 4.69) is 16.8 Å². The molecule has 0 aromatic carbocycles. The maximum atomic E-state index is 10.7. The van der Waals surface area contributed by atoms with Gasteiger partial charge in [-0.3, -0.25) is 4.79 Å². The molecule has 0 amide bonds. The molecular weight excluding hydrogens is 192 g/mol. The Kier molecular flexibility index (Phi) is 2.66. The number of nitrogens with zero attached hydrogens (tertiary/aromatic N) is 1. The molecule has 0 radical (unpaired) electrons. The average Bonchev–Trinajstić information content (AvgIpc) is 2.69. The van der Waals surface area contributed by atoms with Gasteiger partial charge in [-0.15, -0.1) is 0 Å². The van der Waals surface area contributed by atoms with Crippen LogP contribution in [-0.4, -0.2) is 22.2 Å². The van der Waals surface area contributed by atoms with Crippen LogP contribution in [0, 0.1) is 0 Å². The zero-order valence-electron chi connectivity index (χ0n) is 8.92. The third kappa shape index (κ3) is 1.84. The largest absolute Gasteiger partial charge is 0.481 e. The first-order chi connectivity index (χ1) is 7.22. The molecule has 1 aromatic heterocycles. The highest BCUT2D eigenvalue weighted by atomic mass is 16.4. The summed E-state index contributed by atoms with van der Waals surface area (Å²) in [4.78, 5) is 10.7. The second kappa shape index (κ2) is 3.96. The monoisotopic (exact) mass is 208 g/mol. The van der Waals surface area contributed by atoms with Gasteiger partial charge in [-0.25, -0.2) is 0 Å². The highest BCUT2D eigenvalue weighted by Crippen LogP contribution is 2.27. The lowest BCUT2D eigenvalue weighted by Gasteiger charge is -2.03. The van der Waals surface area contributed by atoms with Gasteiger partial charge in [0.2, 0.25) is 0 Å². The zero-order valence-corrected chi connectivity index (χ0v) is 8.92. The van der Waals surface area contributed by atoms with E-state index in [1.54, 1.807) is 0 Å². The minimum absolute atomic E-state index is 0.136. The van der Waals surface area contributed by atoms with Gasteiger partial charge < -0.3 is 15.0 Å². The van der Waals surface area contributed by atoms with Crippen molar-refractivity contribution in [1.82, 2.24) is 4.57 Å². The number of carbonyl (C=O) groups is 1. The summed E-state index contributed by atoms with van der Waals surface area (Å²) in [6.45, 7) is 4.02. The van der Waals surface area contributed by atoms with Gasteiger partial charge in [0.25, 0.3) is 0 Å². The number of aromatic nitrogens is 1. The molecule has 0 saturated carbocycles. The molecule has 0 saturated heterocycles. The number of carboxylic acid groups (broad SMARTS) is 1. The van der Waals surface area contributed by atoms with E-state index in [0.29, 0.717) is 0 Å². The van der Waals surface area contributed by atoms with Crippen molar-refractivity contribution in [2.45, 2.75) is 32.7 Å². The first kappa shape index (κ1) is 10.1. The van der Waals surface area contributed by atoms with Crippen molar-refractivity contribution in [3.63, 3.8) is 0 Å². The Morgan fingerprint density at radius 2 is 2.47 bits per heavy atom. The number of carboxylic acids is 1. The standard InChI is InChI=1S/C11H16N2O2/c1-2-3-9-8(6-10(14)15)7-13-5-4-12-11(9)13/h7,12H,2-6H2,1H3,(H,14,15). The van der Waals surface area contributed by atoms with Crippen LogP contribution in [0.3, 0.4) is 0 Å². The van der Waals surface area contributed by atoms with Crippen molar-refractivity contribution >= 4 is 11.8 Å². The van der Waals surface area contributed by atoms with Gasteiger partial charge in [0, 0.05) is 19.3 Å². The summed E-state index contributed by atoms with van der Waals surface area (Å²) in [7, 11) is 0. The minimum atomic E-state index is -0.753. The highest BCUT2D eigenvalue weighted by Gasteiger charge is 2.19. The molecule has 1 aliphatic rings. The first-order valence-corrected chi connectivity index (χ1v) is 5.39. The fraction of sp³-hybridized carbons (Fsp3) is 0.545. The van der Waals surface area contributed by atoms with Crippen molar-refractivity contribution in [2.75, 3.05) is 11.9 Å². The summed E-state index contributed by atoms with van der Waals surface area (Å²) < 4.78 is 2.13. The van der Waals surface area contributed by atoms with E-state index in [4.69, 9.17) is 5.11 Å². The lowest BCUT2D eigenvalue weighted by Crippen LogP contribution is -2.04. The van der Waals surface area contributed by atoms with E-state index in [-0.39, 0.29) is 6.42 Å². The van der Waals surface area contributed by atoms with Crippen LogP contribution in [0.1, 0.15) is 24.5 Å². The van der Waals surface area contributed by atoms with Crippen LogP contribution in [0.4, 0.5) is 5.82 Å². The number of aliphatic carboxylic acids is 1. The summed E-state index contributed by atoms with van der Waals surface area (Å²) in [5, 5.41) is 12.1. The van der Waals surface area contributed by atoms with E-state index in [9.17, 15) is 4.79 Å². The van der Waals surface area contributed by atoms with Crippen molar-refractivity contribution in [2.24, 2.45) is 0 Å². The molecule has 82 valence electrons. The quantitative estimate of drug-likeness (QED) is 0.788. The Bertz CT molecular complexity index is 382. The predicted molar refractivity (Wildman–Crippen MR) is 58.3 cm³/mol. The van der Waals surface area contributed by atoms with E-state index >= 15 is 0 Å². The molecule has 0 bridgehead atoms. The Hall–Kier alpha value is -1.45. The van der Waals surface area contributed by atoms with Crippen molar-refractivity contribution < 1.29 is 9.90 Å². The number of hydrogen-bond acceptors (Lipinski definition) is 2. The molecular formula is C11H16N2O2. The SMILES string of the molecule is CCCc1c(CC(=O)O)cn2c1NCC2. The van der Waals surface area contributed by atoms with Crippen LogP contribution in [-0.2, 0) is 24.2 Å². The lowest BCUT2D eigenvalue weighted by atomic mass is 10.1. The molecule has 2 N–H and O–H groups in total. The van der Waals surface area contributed by atoms with Crippen LogP contribution in [0.25, 0.3) is 0 Å². The number of rotatable bonds is 4. The summed E-state index contributed by atoms with van der Waals surface area (Å²) in [6, 6.07) is 0. The third-order valence-corrected chi connectivity index (χ3v) is 2.76. The fourth-order valence-corrected chi connectivity index (χ4v) is 2.18. The number of anilines is 1.